The van der Waals surface area contributed by atoms with Gasteiger partial charge in [0, 0.05) is 22.5 Å². The van der Waals surface area contributed by atoms with Crippen molar-refractivity contribution in [1.29, 1.82) is 0 Å². The number of hydrazine groups is 1. The maximum absolute atomic E-state index is 13.0. The second-order valence-electron chi connectivity index (χ2n) is 10.2. The van der Waals surface area contributed by atoms with E-state index in [0.29, 0.717) is 52.0 Å². The molecule has 220 valence electrons. The number of carbonyl (C=O) groups is 2. The number of halogens is 2. The highest BCUT2D eigenvalue weighted by Crippen LogP contribution is 2.44. The predicted molar refractivity (Wildman–Crippen MR) is 160 cm³/mol. The zero-order valence-electron chi connectivity index (χ0n) is 23.2. The van der Waals surface area contributed by atoms with Crippen molar-refractivity contribution >= 4 is 40.8 Å². The van der Waals surface area contributed by atoms with Crippen LogP contribution in [0.5, 0.6) is 5.75 Å². The maximum atomic E-state index is 13.0. The summed E-state index contributed by atoms with van der Waals surface area (Å²) in [5.41, 5.74) is 9.36. The second-order valence-corrected chi connectivity index (χ2v) is 11.1. The molecule has 2 aliphatic heterocycles. The summed E-state index contributed by atoms with van der Waals surface area (Å²) in [7, 11) is 0. The van der Waals surface area contributed by atoms with Crippen LogP contribution in [-0.2, 0) is 19.7 Å². The Hall–Kier alpha value is -3.83. The van der Waals surface area contributed by atoms with E-state index >= 15 is 0 Å². The number of carbonyl (C=O) groups excluding carboxylic acids is 2. The Morgan fingerprint density at radius 3 is 2.81 bits per heavy atom. The van der Waals surface area contributed by atoms with Gasteiger partial charge in [-0.05, 0) is 56.2 Å². The number of amides is 1. The molecule has 3 heterocycles. The summed E-state index contributed by atoms with van der Waals surface area (Å²) in [6.07, 6.45) is 2.02. The molecular weight excluding hydrogens is 581 g/mol. The Bertz CT molecular complexity index is 1570. The Morgan fingerprint density at radius 2 is 2.05 bits per heavy atom. The van der Waals surface area contributed by atoms with E-state index in [4.69, 9.17) is 49.0 Å². The quantitative estimate of drug-likeness (QED) is 0.189. The maximum Gasteiger partial charge on any atom is 0.339 e. The van der Waals surface area contributed by atoms with Gasteiger partial charge in [0.1, 0.15) is 17.8 Å². The fourth-order valence-electron chi connectivity index (χ4n) is 5.32. The van der Waals surface area contributed by atoms with E-state index < -0.39 is 11.4 Å². The number of benzene rings is 2. The molecule has 0 aliphatic carbocycles. The molecule has 5 rings (SSSR count). The van der Waals surface area contributed by atoms with E-state index in [9.17, 15) is 9.59 Å². The van der Waals surface area contributed by atoms with Gasteiger partial charge in [-0.15, -0.1) is 0 Å². The highest BCUT2D eigenvalue weighted by atomic mass is 35.5. The summed E-state index contributed by atoms with van der Waals surface area (Å²) < 4.78 is 17.0. The lowest BCUT2D eigenvalue weighted by Crippen LogP contribution is -2.53. The average Bonchev–Trinajstić information content (AvgIpc) is 3.22. The van der Waals surface area contributed by atoms with Crippen molar-refractivity contribution in [3.63, 3.8) is 0 Å². The number of rotatable bonds is 8. The normalized spacial score (nSPS) is 19.8. The van der Waals surface area contributed by atoms with Crippen molar-refractivity contribution in [2.75, 3.05) is 31.7 Å². The fraction of sp³-hybridized carbons (Fsp3) is 0.300. The summed E-state index contributed by atoms with van der Waals surface area (Å²) in [4.78, 5) is 29.8. The van der Waals surface area contributed by atoms with Gasteiger partial charge in [-0.25, -0.2) is 10.6 Å². The molecule has 12 heteroatoms. The first-order valence-electron chi connectivity index (χ1n) is 13.4. The van der Waals surface area contributed by atoms with Crippen molar-refractivity contribution in [2.24, 2.45) is 11.6 Å². The number of para-hydroxylation sites is 1. The molecule has 42 heavy (non-hydrogen) atoms. The van der Waals surface area contributed by atoms with E-state index in [0.717, 1.165) is 11.3 Å². The van der Waals surface area contributed by atoms with E-state index in [2.05, 4.69) is 10.3 Å². The summed E-state index contributed by atoms with van der Waals surface area (Å²) in [6, 6.07) is 13.8. The van der Waals surface area contributed by atoms with Crippen LogP contribution in [0.1, 0.15) is 35.0 Å². The number of nitrogens with one attached hydrogen (secondary N) is 1. The van der Waals surface area contributed by atoms with Crippen LogP contribution in [0.4, 0.5) is 5.69 Å². The Balaban J connectivity index is 1.32. The molecule has 5 N–H and O–H groups in total. The number of nitrogens with two attached hydrogens (primary N) is 2. The van der Waals surface area contributed by atoms with Gasteiger partial charge in [0.15, 0.2) is 0 Å². The minimum Gasteiger partial charge on any atom is -0.485 e. The lowest BCUT2D eigenvalue weighted by Gasteiger charge is -2.39. The minimum atomic E-state index is -0.823. The number of pyridine rings is 1. The van der Waals surface area contributed by atoms with Crippen LogP contribution in [-0.4, -0.2) is 54.3 Å². The van der Waals surface area contributed by atoms with Gasteiger partial charge in [-0.1, -0.05) is 41.4 Å². The lowest BCUT2D eigenvalue weighted by atomic mass is 9.75. The highest BCUT2D eigenvalue weighted by molar-refractivity contribution is 6.36. The topological polar surface area (TPSA) is 142 Å². The number of hydrogen-bond acceptors (Lipinski definition) is 9. The number of anilines is 1. The van der Waals surface area contributed by atoms with Crippen LogP contribution >= 0.6 is 23.2 Å². The molecule has 1 aromatic heterocycles. The monoisotopic (exact) mass is 611 g/mol. The summed E-state index contributed by atoms with van der Waals surface area (Å²) >= 11 is 12.8. The van der Waals surface area contributed by atoms with Gasteiger partial charge in [0.25, 0.3) is 0 Å². The minimum absolute atomic E-state index is 0.0516. The van der Waals surface area contributed by atoms with Crippen molar-refractivity contribution < 1.29 is 23.8 Å². The van der Waals surface area contributed by atoms with Gasteiger partial charge in [-0.2, -0.15) is 0 Å². The largest absolute Gasteiger partial charge is 0.485 e. The molecule has 1 amide bonds. The second kappa shape index (κ2) is 12.2. The molecule has 1 spiro atoms. The van der Waals surface area contributed by atoms with Crippen molar-refractivity contribution in [3.05, 3.63) is 87.3 Å². The molecule has 2 atom stereocenters. The number of aromatic nitrogens is 1. The lowest BCUT2D eigenvalue weighted by molar-refractivity contribution is -0.127. The Kier molecular flexibility index (Phi) is 8.60. The molecule has 1 saturated heterocycles. The molecular formula is C30H31Cl2N5O5. The first-order chi connectivity index (χ1) is 20.1. The molecule has 2 aromatic carbocycles. The van der Waals surface area contributed by atoms with Crippen LogP contribution in [0.3, 0.4) is 0 Å². The predicted octanol–water partition coefficient (Wildman–Crippen LogP) is 4.57. The number of hydrogen-bond donors (Lipinski definition) is 3. The molecule has 0 bridgehead atoms. The molecule has 10 nitrogen and oxygen atoms in total. The van der Waals surface area contributed by atoms with Crippen LogP contribution in [0.2, 0.25) is 10.0 Å². The molecule has 3 aromatic rings. The van der Waals surface area contributed by atoms with Crippen LogP contribution in [0.15, 0.2) is 60.4 Å². The van der Waals surface area contributed by atoms with Gasteiger partial charge < -0.3 is 30.3 Å². The average molecular weight is 613 g/mol. The molecule has 1 fully saturated rings. The third kappa shape index (κ3) is 5.76. The number of fused-ring (bicyclic) bond motifs is 2. The van der Waals surface area contributed by atoms with E-state index in [1.165, 1.54) is 5.01 Å². The third-order valence-electron chi connectivity index (χ3n) is 7.35. The van der Waals surface area contributed by atoms with E-state index in [1.807, 2.05) is 24.3 Å². The molecule has 2 aliphatic rings. The van der Waals surface area contributed by atoms with Gasteiger partial charge >= 0.3 is 5.97 Å². The Labute approximate surface area is 253 Å². The highest BCUT2D eigenvalue weighted by Gasteiger charge is 2.51. The van der Waals surface area contributed by atoms with Crippen molar-refractivity contribution in [1.82, 2.24) is 9.99 Å². The summed E-state index contributed by atoms with van der Waals surface area (Å²) in [6.45, 7) is 4.26. The van der Waals surface area contributed by atoms with Crippen molar-refractivity contribution in [2.45, 2.75) is 31.7 Å². The zero-order valence-corrected chi connectivity index (χ0v) is 24.7. The first-order valence-corrected chi connectivity index (χ1v) is 14.1. The fourth-order valence-corrected chi connectivity index (χ4v) is 5.87. The van der Waals surface area contributed by atoms with Gasteiger partial charge in [-0.3, -0.25) is 9.78 Å². The number of esters is 1. The smallest absolute Gasteiger partial charge is 0.339 e. The molecule has 0 radical (unpaired) electrons. The number of aryl methyl sites for hydroxylation is 1. The Morgan fingerprint density at radius 1 is 1.26 bits per heavy atom. The zero-order chi connectivity index (χ0) is 30.0. The summed E-state index contributed by atoms with van der Waals surface area (Å²) in [5, 5.41) is 5.06. The number of nitrogens with zero attached hydrogens (tertiary/aromatic N) is 2. The van der Waals surface area contributed by atoms with Crippen LogP contribution in [0, 0.1) is 6.92 Å². The molecule has 0 saturated carbocycles. The summed E-state index contributed by atoms with van der Waals surface area (Å²) in [5.74, 6) is 6.16. The number of ether oxygens (including phenoxy) is 3. The van der Waals surface area contributed by atoms with E-state index in [-0.39, 0.29) is 36.8 Å². The van der Waals surface area contributed by atoms with Crippen molar-refractivity contribution in [3.8, 4) is 17.0 Å². The third-order valence-corrected chi connectivity index (χ3v) is 7.85. The SMILES string of the molecule is CCOC(=O)c1ccc(-c2cc(Cl)cc(Cl)c2OC/C(N)=C/N(N)C2COCC3(C2)C(=O)Nc2ccccc23)nc1C. The molecule has 2 unspecified atom stereocenters. The van der Waals surface area contributed by atoms with E-state index in [1.54, 1.807) is 44.3 Å². The standard InChI is InChI=1S/C30H31Cl2N5O5/c1-3-41-28(38)21-8-9-25(35-17(21)2)22-10-18(31)11-24(32)27(22)42-14-19(33)13-37(34)20-12-30(16-40-15-20)23-6-4-5-7-26(23)36-29(30)39/h4-11,13,20H,3,12,14-16,33-34H2,1-2H3,(H,36,39)/b19-13-. The van der Waals surface area contributed by atoms with Crippen LogP contribution in [0.25, 0.3) is 11.3 Å². The van der Waals surface area contributed by atoms with Gasteiger partial charge in [0.2, 0.25) is 5.91 Å². The van der Waals surface area contributed by atoms with Crippen LogP contribution < -0.4 is 21.6 Å². The first kappa shape index (κ1) is 29.7. The van der Waals surface area contributed by atoms with Gasteiger partial charge in [0.05, 0.1) is 53.5 Å².